The van der Waals surface area contributed by atoms with Gasteiger partial charge in [0.25, 0.3) is 0 Å². The Morgan fingerprint density at radius 2 is 1.76 bits per heavy atom. The van der Waals surface area contributed by atoms with E-state index in [1.807, 2.05) is 0 Å². The fourth-order valence-corrected chi connectivity index (χ4v) is 5.14. The van der Waals surface area contributed by atoms with Gasteiger partial charge in [-0.05, 0) is 80.5 Å². The summed E-state index contributed by atoms with van der Waals surface area (Å²) in [6, 6.07) is 7.84. The predicted octanol–water partition coefficient (Wildman–Crippen LogP) is 3.75. The van der Waals surface area contributed by atoms with Crippen LogP contribution in [0.2, 0.25) is 0 Å². The van der Waals surface area contributed by atoms with E-state index in [1.165, 1.54) is 44.6 Å². The van der Waals surface area contributed by atoms with Crippen LogP contribution in [-0.4, -0.2) is 11.1 Å². The Kier molecular flexibility index (Phi) is 2.85. The molecule has 4 aliphatic rings. The number of carbonyl (C=O) groups is 1. The zero-order valence-electron chi connectivity index (χ0n) is 12.1. The van der Waals surface area contributed by atoms with Gasteiger partial charge in [0.05, 0.1) is 5.56 Å². The molecule has 1 aromatic carbocycles. The van der Waals surface area contributed by atoms with Gasteiger partial charge in [-0.25, -0.2) is 4.79 Å². The summed E-state index contributed by atoms with van der Waals surface area (Å²) in [5.74, 6) is 8.56. The fraction of sp³-hybridized carbons (Fsp3) is 0.526. The maximum absolute atomic E-state index is 11.0. The standard InChI is InChI=1S/C19H19O2/c20-18(21)17-3-1-2-13(9-17)4-5-19-10-14-6-15(11-19)8-16(7-14)12-19/h2-3,9,14-16H,6-8,10-12H2,(H,20,21). The zero-order valence-corrected chi connectivity index (χ0v) is 12.1. The third kappa shape index (κ3) is 2.35. The van der Waals surface area contributed by atoms with Crippen LogP contribution in [0.1, 0.15) is 54.4 Å². The Morgan fingerprint density at radius 1 is 1.14 bits per heavy atom. The van der Waals surface area contributed by atoms with Crippen molar-refractivity contribution >= 4 is 5.97 Å². The van der Waals surface area contributed by atoms with E-state index >= 15 is 0 Å². The van der Waals surface area contributed by atoms with E-state index in [0.717, 1.165) is 23.3 Å². The third-order valence-electron chi connectivity index (χ3n) is 5.55. The first-order valence-corrected chi connectivity index (χ1v) is 7.89. The summed E-state index contributed by atoms with van der Waals surface area (Å²) < 4.78 is 0. The highest BCUT2D eigenvalue weighted by atomic mass is 16.4. The Bertz CT molecular complexity index is 612. The van der Waals surface area contributed by atoms with Gasteiger partial charge in [-0.3, -0.25) is 0 Å². The Morgan fingerprint density at radius 3 is 2.33 bits per heavy atom. The Labute approximate surface area is 125 Å². The third-order valence-corrected chi connectivity index (χ3v) is 5.55. The quantitative estimate of drug-likeness (QED) is 0.795. The molecule has 1 N–H and O–H groups in total. The van der Waals surface area contributed by atoms with Crippen molar-refractivity contribution < 1.29 is 9.90 Å². The molecular weight excluding hydrogens is 260 g/mol. The molecule has 0 aromatic heterocycles. The lowest BCUT2D eigenvalue weighted by Gasteiger charge is -2.54. The number of hydrogen-bond acceptors (Lipinski definition) is 1. The van der Waals surface area contributed by atoms with Gasteiger partial charge in [0.2, 0.25) is 0 Å². The molecule has 0 spiro atoms. The second-order valence-electron chi connectivity index (χ2n) is 7.26. The topological polar surface area (TPSA) is 37.3 Å². The fourth-order valence-electron chi connectivity index (χ4n) is 5.14. The average molecular weight is 279 g/mol. The SMILES string of the molecule is O=C(O)c1c[c]cc(C#CC23CC4CC(CC(C4)C2)C3)c1. The molecule has 0 heterocycles. The van der Waals surface area contributed by atoms with Crippen molar-refractivity contribution in [3.63, 3.8) is 0 Å². The van der Waals surface area contributed by atoms with Crippen LogP contribution < -0.4 is 0 Å². The van der Waals surface area contributed by atoms with Crippen molar-refractivity contribution in [3.05, 3.63) is 35.4 Å². The minimum Gasteiger partial charge on any atom is -0.478 e. The number of aromatic carboxylic acids is 1. The van der Waals surface area contributed by atoms with Gasteiger partial charge < -0.3 is 5.11 Å². The van der Waals surface area contributed by atoms with Gasteiger partial charge in [-0.15, -0.1) is 0 Å². The first-order valence-electron chi connectivity index (χ1n) is 7.89. The highest BCUT2D eigenvalue weighted by Gasteiger charge is 2.50. The normalized spacial score (nSPS) is 36.1. The van der Waals surface area contributed by atoms with E-state index in [1.54, 1.807) is 12.1 Å². The molecular formula is C19H19O2. The molecule has 0 saturated heterocycles. The lowest BCUT2D eigenvalue weighted by Crippen LogP contribution is -2.45. The van der Waals surface area contributed by atoms with Crippen molar-refractivity contribution in [2.75, 3.05) is 0 Å². The van der Waals surface area contributed by atoms with E-state index < -0.39 is 5.97 Å². The van der Waals surface area contributed by atoms with Gasteiger partial charge in [-0.2, -0.15) is 0 Å². The lowest BCUT2D eigenvalue weighted by atomic mass is 9.50. The number of benzene rings is 1. The molecule has 0 unspecified atom stereocenters. The summed E-state index contributed by atoms with van der Waals surface area (Å²) >= 11 is 0. The summed E-state index contributed by atoms with van der Waals surface area (Å²) in [7, 11) is 0. The zero-order chi connectivity index (χ0) is 14.4. The summed E-state index contributed by atoms with van der Waals surface area (Å²) in [5.41, 5.74) is 1.27. The van der Waals surface area contributed by atoms with Crippen molar-refractivity contribution in [2.24, 2.45) is 23.2 Å². The molecule has 1 radical (unpaired) electrons. The molecule has 21 heavy (non-hydrogen) atoms. The highest BCUT2D eigenvalue weighted by molar-refractivity contribution is 5.87. The lowest BCUT2D eigenvalue weighted by molar-refractivity contribution is -0.0181. The van der Waals surface area contributed by atoms with Gasteiger partial charge >= 0.3 is 5.97 Å². The number of rotatable bonds is 1. The molecule has 4 fully saturated rings. The van der Waals surface area contributed by atoms with Crippen molar-refractivity contribution in [1.29, 1.82) is 0 Å². The second kappa shape index (κ2) is 4.63. The van der Waals surface area contributed by atoms with Crippen LogP contribution in [0, 0.1) is 41.1 Å². The molecule has 4 aliphatic carbocycles. The molecule has 0 atom stereocenters. The Balaban J connectivity index is 1.62. The van der Waals surface area contributed by atoms with Crippen molar-refractivity contribution in [3.8, 4) is 11.8 Å². The van der Waals surface area contributed by atoms with Gasteiger partial charge in [0.1, 0.15) is 0 Å². The summed E-state index contributed by atoms with van der Waals surface area (Å²) in [5, 5.41) is 9.04. The minimum atomic E-state index is -0.912. The molecule has 0 aliphatic heterocycles. The first-order chi connectivity index (χ1) is 10.1. The van der Waals surface area contributed by atoms with Crippen LogP contribution >= 0.6 is 0 Å². The van der Waals surface area contributed by atoms with Crippen LogP contribution in [0.25, 0.3) is 0 Å². The average Bonchev–Trinajstić information content (AvgIpc) is 2.44. The largest absolute Gasteiger partial charge is 0.478 e. The van der Waals surface area contributed by atoms with E-state index in [0.29, 0.717) is 0 Å². The van der Waals surface area contributed by atoms with Crippen LogP contribution in [-0.2, 0) is 0 Å². The minimum absolute atomic E-state index is 0.216. The second-order valence-corrected chi connectivity index (χ2v) is 7.26. The van der Waals surface area contributed by atoms with Crippen LogP contribution in [0.3, 0.4) is 0 Å². The monoisotopic (exact) mass is 279 g/mol. The van der Waals surface area contributed by atoms with E-state index in [-0.39, 0.29) is 11.0 Å². The molecule has 2 heteroatoms. The molecule has 107 valence electrons. The number of hydrogen-bond donors (Lipinski definition) is 1. The molecule has 4 bridgehead atoms. The smallest absolute Gasteiger partial charge is 0.335 e. The molecule has 0 amide bonds. The van der Waals surface area contributed by atoms with Gasteiger partial charge in [-0.1, -0.05) is 11.8 Å². The highest BCUT2D eigenvalue weighted by Crippen LogP contribution is 2.59. The summed E-state index contributed by atoms with van der Waals surface area (Å²) in [6.45, 7) is 0. The predicted molar refractivity (Wildman–Crippen MR) is 79.7 cm³/mol. The van der Waals surface area contributed by atoms with Gasteiger partial charge in [0.15, 0.2) is 0 Å². The van der Waals surface area contributed by atoms with Crippen LogP contribution in [0.4, 0.5) is 0 Å². The summed E-state index contributed by atoms with van der Waals surface area (Å²) in [4.78, 5) is 11.0. The maximum atomic E-state index is 11.0. The van der Waals surface area contributed by atoms with Crippen LogP contribution in [0.5, 0.6) is 0 Å². The van der Waals surface area contributed by atoms with Crippen molar-refractivity contribution in [2.45, 2.75) is 38.5 Å². The van der Waals surface area contributed by atoms with E-state index in [2.05, 4.69) is 17.9 Å². The molecule has 2 nitrogen and oxygen atoms in total. The first kappa shape index (κ1) is 13.0. The Hall–Kier alpha value is -1.75. The summed E-state index contributed by atoms with van der Waals surface area (Å²) in [6.07, 6.45) is 8.03. The molecule has 4 saturated carbocycles. The van der Waals surface area contributed by atoms with E-state index in [9.17, 15) is 4.79 Å². The number of carboxylic acid groups (broad SMARTS) is 1. The van der Waals surface area contributed by atoms with Crippen LogP contribution in [0.15, 0.2) is 18.2 Å². The molecule has 5 rings (SSSR count). The number of carboxylic acids is 1. The molecule has 1 aromatic rings. The van der Waals surface area contributed by atoms with E-state index in [4.69, 9.17) is 5.11 Å². The maximum Gasteiger partial charge on any atom is 0.335 e. The van der Waals surface area contributed by atoms with Gasteiger partial charge in [0, 0.05) is 11.0 Å². The van der Waals surface area contributed by atoms with Crippen molar-refractivity contribution in [1.82, 2.24) is 0 Å².